The quantitative estimate of drug-likeness (QED) is 0.811. The zero-order chi connectivity index (χ0) is 18.7. The van der Waals surface area contributed by atoms with Crippen molar-refractivity contribution in [3.63, 3.8) is 0 Å². The standard InChI is InChI=1S/C18H19ClN2O4S/c1-12-4-9-15(11-16(12)19)26(23,24)21-14-7-5-13(6-8-14)20-18(22)17-3-2-10-25-17/h4-9,11,17,21H,2-3,10H2,1H3,(H,20,22). The molecule has 1 aliphatic rings. The molecular formula is C18H19ClN2O4S. The Balaban J connectivity index is 1.68. The smallest absolute Gasteiger partial charge is 0.261 e. The second-order valence-corrected chi connectivity index (χ2v) is 8.17. The Labute approximate surface area is 157 Å². The molecule has 1 aliphatic heterocycles. The minimum atomic E-state index is -3.74. The Bertz CT molecular complexity index is 907. The number of benzene rings is 2. The molecule has 0 bridgehead atoms. The predicted octanol–water partition coefficient (Wildman–Crippen LogP) is 3.57. The first-order valence-electron chi connectivity index (χ1n) is 8.17. The molecule has 8 heteroatoms. The topological polar surface area (TPSA) is 84.5 Å². The first kappa shape index (κ1) is 18.7. The SMILES string of the molecule is Cc1ccc(S(=O)(=O)Nc2ccc(NC(=O)C3CCCO3)cc2)cc1Cl. The molecule has 1 atom stereocenters. The summed E-state index contributed by atoms with van der Waals surface area (Å²) in [7, 11) is -3.74. The molecule has 138 valence electrons. The summed E-state index contributed by atoms with van der Waals surface area (Å²) in [5.41, 5.74) is 1.76. The van der Waals surface area contributed by atoms with Crippen molar-refractivity contribution in [2.24, 2.45) is 0 Å². The number of anilines is 2. The molecule has 0 radical (unpaired) electrons. The van der Waals surface area contributed by atoms with Crippen molar-refractivity contribution in [2.45, 2.75) is 30.8 Å². The Morgan fingerprint density at radius 3 is 2.46 bits per heavy atom. The second kappa shape index (κ2) is 7.65. The molecule has 1 saturated heterocycles. The van der Waals surface area contributed by atoms with Crippen LogP contribution in [0.4, 0.5) is 11.4 Å². The Hall–Kier alpha value is -2.09. The first-order valence-corrected chi connectivity index (χ1v) is 10.0. The van der Waals surface area contributed by atoms with Crippen molar-refractivity contribution in [2.75, 3.05) is 16.6 Å². The average Bonchev–Trinajstić information content (AvgIpc) is 3.13. The second-order valence-electron chi connectivity index (χ2n) is 6.08. The van der Waals surface area contributed by atoms with E-state index < -0.39 is 16.1 Å². The van der Waals surface area contributed by atoms with Crippen LogP contribution >= 0.6 is 11.6 Å². The maximum Gasteiger partial charge on any atom is 0.261 e. The van der Waals surface area contributed by atoms with E-state index >= 15 is 0 Å². The lowest BCUT2D eigenvalue weighted by atomic mass is 10.2. The molecule has 3 rings (SSSR count). The summed E-state index contributed by atoms with van der Waals surface area (Å²) >= 11 is 6.00. The molecule has 0 spiro atoms. The van der Waals surface area contributed by atoms with Crippen LogP contribution in [0.2, 0.25) is 5.02 Å². The highest BCUT2D eigenvalue weighted by Crippen LogP contribution is 2.23. The van der Waals surface area contributed by atoms with Gasteiger partial charge in [0.2, 0.25) is 0 Å². The number of rotatable bonds is 5. The van der Waals surface area contributed by atoms with Gasteiger partial charge in [0.15, 0.2) is 0 Å². The van der Waals surface area contributed by atoms with Gasteiger partial charge >= 0.3 is 0 Å². The summed E-state index contributed by atoms with van der Waals surface area (Å²) in [6.45, 7) is 2.40. The van der Waals surface area contributed by atoms with Crippen LogP contribution in [-0.2, 0) is 19.6 Å². The van der Waals surface area contributed by atoms with Crippen molar-refractivity contribution in [1.82, 2.24) is 0 Å². The van der Waals surface area contributed by atoms with E-state index in [0.29, 0.717) is 29.4 Å². The highest BCUT2D eigenvalue weighted by atomic mass is 35.5. The Morgan fingerprint density at radius 2 is 1.85 bits per heavy atom. The Morgan fingerprint density at radius 1 is 1.15 bits per heavy atom. The van der Waals surface area contributed by atoms with E-state index in [2.05, 4.69) is 10.0 Å². The summed E-state index contributed by atoms with van der Waals surface area (Å²) in [6.07, 6.45) is 1.17. The molecule has 6 nitrogen and oxygen atoms in total. The third kappa shape index (κ3) is 4.35. The maximum absolute atomic E-state index is 12.4. The fraction of sp³-hybridized carbons (Fsp3) is 0.278. The molecule has 26 heavy (non-hydrogen) atoms. The molecule has 2 N–H and O–H groups in total. The number of nitrogens with one attached hydrogen (secondary N) is 2. The predicted molar refractivity (Wildman–Crippen MR) is 101 cm³/mol. The van der Waals surface area contributed by atoms with E-state index in [9.17, 15) is 13.2 Å². The van der Waals surface area contributed by atoms with Crippen LogP contribution in [0.1, 0.15) is 18.4 Å². The van der Waals surface area contributed by atoms with Crippen molar-refractivity contribution in [3.8, 4) is 0 Å². The van der Waals surface area contributed by atoms with E-state index in [1.807, 2.05) is 0 Å². The monoisotopic (exact) mass is 394 g/mol. The van der Waals surface area contributed by atoms with Crippen LogP contribution in [0.3, 0.4) is 0 Å². The van der Waals surface area contributed by atoms with E-state index in [1.165, 1.54) is 12.1 Å². The fourth-order valence-electron chi connectivity index (χ4n) is 2.58. The average molecular weight is 395 g/mol. The van der Waals surface area contributed by atoms with Gasteiger partial charge in [-0.3, -0.25) is 9.52 Å². The van der Waals surface area contributed by atoms with Crippen molar-refractivity contribution >= 4 is 38.9 Å². The first-order chi connectivity index (χ1) is 12.3. The lowest BCUT2D eigenvalue weighted by Gasteiger charge is -2.12. The fourth-order valence-corrected chi connectivity index (χ4v) is 3.91. The van der Waals surface area contributed by atoms with Gasteiger partial charge in [-0.1, -0.05) is 17.7 Å². The Kier molecular flexibility index (Phi) is 5.50. The van der Waals surface area contributed by atoms with Crippen molar-refractivity contribution in [3.05, 3.63) is 53.1 Å². The van der Waals surface area contributed by atoms with Gasteiger partial charge < -0.3 is 10.1 Å². The number of carbonyl (C=O) groups is 1. The lowest BCUT2D eigenvalue weighted by molar-refractivity contribution is -0.124. The third-order valence-corrected chi connectivity index (χ3v) is 5.87. The molecule has 2 aromatic rings. The van der Waals surface area contributed by atoms with Crippen LogP contribution in [0.25, 0.3) is 0 Å². The summed E-state index contributed by atoms with van der Waals surface area (Å²) < 4.78 is 32.7. The molecule has 0 aliphatic carbocycles. The number of ether oxygens (including phenoxy) is 1. The van der Waals surface area contributed by atoms with Gasteiger partial charge in [-0.25, -0.2) is 8.42 Å². The van der Waals surface area contributed by atoms with Crippen LogP contribution in [0, 0.1) is 6.92 Å². The van der Waals surface area contributed by atoms with Gasteiger partial charge in [0.1, 0.15) is 6.10 Å². The van der Waals surface area contributed by atoms with Gasteiger partial charge in [-0.15, -0.1) is 0 Å². The van der Waals surface area contributed by atoms with Gasteiger partial charge in [0, 0.05) is 23.0 Å². The van der Waals surface area contributed by atoms with E-state index in [1.54, 1.807) is 37.3 Å². The molecule has 1 amide bonds. The van der Waals surface area contributed by atoms with E-state index in [0.717, 1.165) is 12.0 Å². The van der Waals surface area contributed by atoms with Crippen LogP contribution in [-0.4, -0.2) is 27.0 Å². The number of hydrogen-bond donors (Lipinski definition) is 2. The minimum Gasteiger partial charge on any atom is -0.368 e. The van der Waals surface area contributed by atoms with E-state index in [4.69, 9.17) is 16.3 Å². The molecule has 1 heterocycles. The normalized spacial score (nSPS) is 17.1. The number of aryl methyl sites for hydroxylation is 1. The van der Waals surface area contributed by atoms with Crippen molar-refractivity contribution in [1.29, 1.82) is 0 Å². The van der Waals surface area contributed by atoms with E-state index in [-0.39, 0.29) is 10.8 Å². The summed E-state index contributed by atoms with van der Waals surface area (Å²) in [5.74, 6) is -0.190. The zero-order valence-electron chi connectivity index (χ0n) is 14.2. The number of carbonyl (C=O) groups excluding carboxylic acids is 1. The van der Waals surface area contributed by atoms with Gasteiger partial charge in [0.05, 0.1) is 4.90 Å². The summed E-state index contributed by atoms with van der Waals surface area (Å²) in [5, 5.41) is 3.15. The zero-order valence-corrected chi connectivity index (χ0v) is 15.7. The summed E-state index contributed by atoms with van der Waals surface area (Å²) in [6, 6.07) is 11.0. The molecule has 0 saturated carbocycles. The molecule has 0 aromatic heterocycles. The number of sulfonamides is 1. The maximum atomic E-state index is 12.4. The largest absolute Gasteiger partial charge is 0.368 e. The third-order valence-electron chi connectivity index (χ3n) is 4.08. The van der Waals surface area contributed by atoms with Crippen LogP contribution in [0.15, 0.2) is 47.4 Å². The van der Waals surface area contributed by atoms with Gasteiger partial charge in [-0.2, -0.15) is 0 Å². The minimum absolute atomic E-state index is 0.0869. The lowest BCUT2D eigenvalue weighted by Crippen LogP contribution is -2.26. The molecular weight excluding hydrogens is 376 g/mol. The highest BCUT2D eigenvalue weighted by molar-refractivity contribution is 7.92. The number of amides is 1. The molecule has 2 aromatic carbocycles. The van der Waals surface area contributed by atoms with Crippen molar-refractivity contribution < 1.29 is 17.9 Å². The highest BCUT2D eigenvalue weighted by Gasteiger charge is 2.23. The molecule has 1 unspecified atom stereocenters. The summed E-state index contributed by atoms with van der Waals surface area (Å²) in [4.78, 5) is 12.1. The number of hydrogen-bond acceptors (Lipinski definition) is 4. The number of halogens is 1. The van der Waals surface area contributed by atoms with Crippen LogP contribution < -0.4 is 10.0 Å². The van der Waals surface area contributed by atoms with Gasteiger partial charge in [0.25, 0.3) is 15.9 Å². The molecule has 1 fully saturated rings. The van der Waals surface area contributed by atoms with Crippen LogP contribution in [0.5, 0.6) is 0 Å². The van der Waals surface area contributed by atoms with Gasteiger partial charge in [-0.05, 0) is 61.7 Å².